The number of carbonyl (C=O) groups is 2. The van der Waals surface area contributed by atoms with E-state index in [4.69, 9.17) is 4.74 Å². The average Bonchev–Trinajstić information content (AvgIpc) is 3.00. The Morgan fingerprint density at radius 2 is 1.75 bits per heavy atom. The lowest BCUT2D eigenvalue weighted by Gasteiger charge is -2.41. The average molecular weight is 395 g/mol. The summed E-state index contributed by atoms with van der Waals surface area (Å²) < 4.78 is 5.81. The van der Waals surface area contributed by atoms with Gasteiger partial charge in [-0.1, -0.05) is 26.2 Å². The van der Waals surface area contributed by atoms with Gasteiger partial charge in [0.05, 0.1) is 12.6 Å². The standard InChI is InChI=1S/C21H38N4O3/c1-4-5-6-7-10-25-17-21(28-20(25)27)8-11-24(12-9-21)19(26)18(2)23-15-13-22(3)14-16-23/h18H,4-17H2,1-3H3. The number of unbranched alkanes of at least 4 members (excludes halogenated alkanes) is 3. The summed E-state index contributed by atoms with van der Waals surface area (Å²) in [5.41, 5.74) is -0.379. The summed E-state index contributed by atoms with van der Waals surface area (Å²) in [6.45, 7) is 11.0. The molecular weight excluding hydrogens is 356 g/mol. The molecule has 1 spiro atoms. The fourth-order valence-corrected chi connectivity index (χ4v) is 4.62. The van der Waals surface area contributed by atoms with Crippen LogP contribution < -0.4 is 0 Å². The van der Waals surface area contributed by atoms with E-state index < -0.39 is 0 Å². The van der Waals surface area contributed by atoms with Crippen molar-refractivity contribution in [2.24, 2.45) is 0 Å². The number of likely N-dealkylation sites (N-methyl/N-ethyl adjacent to an activating group) is 1. The number of ether oxygens (including phenoxy) is 1. The van der Waals surface area contributed by atoms with E-state index in [9.17, 15) is 9.59 Å². The second kappa shape index (κ2) is 9.44. The smallest absolute Gasteiger partial charge is 0.410 e. The third-order valence-corrected chi connectivity index (χ3v) is 6.75. The van der Waals surface area contributed by atoms with Crippen LogP contribution in [0.3, 0.4) is 0 Å². The molecule has 0 bridgehead atoms. The van der Waals surface area contributed by atoms with E-state index in [1.165, 1.54) is 19.3 Å². The minimum Gasteiger partial charge on any atom is -0.441 e. The maximum absolute atomic E-state index is 13.0. The summed E-state index contributed by atoms with van der Waals surface area (Å²) in [4.78, 5) is 33.7. The van der Waals surface area contributed by atoms with Crippen molar-refractivity contribution in [1.82, 2.24) is 19.6 Å². The molecule has 1 atom stereocenters. The van der Waals surface area contributed by atoms with Crippen molar-refractivity contribution in [3.8, 4) is 0 Å². The molecule has 3 aliphatic rings. The molecule has 3 fully saturated rings. The summed E-state index contributed by atoms with van der Waals surface area (Å²) in [5, 5.41) is 0. The van der Waals surface area contributed by atoms with Gasteiger partial charge in [-0.15, -0.1) is 0 Å². The van der Waals surface area contributed by atoms with Gasteiger partial charge in [0, 0.05) is 58.7 Å². The van der Waals surface area contributed by atoms with E-state index in [0.717, 1.165) is 52.0 Å². The van der Waals surface area contributed by atoms with Crippen LogP contribution in [0.5, 0.6) is 0 Å². The van der Waals surface area contributed by atoms with Gasteiger partial charge in [0.1, 0.15) is 5.60 Å². The van der Waals surface area contributed by atoms with Crippen LogP contribution in [0, 0.1) is 0 Å². The van der Waals surface area contributed by atoms with Crippen LogP contribution in [0.1, 0.15) is 52.4 Å². The zero-order valence-electron chi connectivity index (χ0n) is 18.0. The first-order chi connectivity index (χ1) is 13.4. The molecular formula is C21H38N4O3. The van der Waals surface area contributed by atoms with Crippen molar-refractivity contribution in [1.29, 1.82) is 0 Å². The quantitative estimate of drug-likeness (QED) is 0.619. The number of piperazine rings is 1. The lowest BCUT2D eigenvalue weighted by Crippen LogP contribution is -2.56. The molecule has 3 heterocycles. The first-order valence-corrected chi connectivity index (χ1v) is 11.1. The Hall–Kier alpha value is -1.34. The highest BCUT2D eigenvalue weighted by molar-refractivity contribution is 5.81. The van der Waals surface area contributed by atoms with Gasteiger partial charge in [-0.05, 0) is 20.4 Å². The highest BCUT2D eigenvalue weighted by Gasteiger charge is 2.47. The maximum atomic E-state index is 13.0. The maximum Gasteiger partial charge on any atom is 0.410 e. The molecule has 28 heavy (non-hydrogen) atoms. The highest BCUT2D eigenvalue weighted by Crippen LogP contribution is 2.33. The number of hydrogen-bond acceptors (Lipinski definition) is 5. The van der Waals surface area contributed by atoms with E-state index >= 15 is 0 Å². The number of hydrogen-bond donors (Lipinski definition) is 0. The molecule has 3 aliphatic heterocycles. The Kier molecular flexibility index (Phi) is 7.20. The largest absolute Gasteiger partial charge is 0.441 e. The minimum absolute atomic E-state index is 0.0658. The summed E-state index contributed by atoms with van der Waals surface area (Å²) in [7, 11) is 2.13. The molecule has 0 radical (unpaired) electrons. The lowest BCUT2D eigenvalue weighted by molar-refractivity contribution is -0.140. The lowest BCUT2D eigenvalue weighted by atomic mass is 9.91. The van der Waals surface area contributed by atoms with E-state index in [-0.39, 0.29) is 23.6 Å². The van der Waals surface area contributed by atoms with Gasteiger partial charge >= 0.3 is 6.09 Å². The second-order valence-corrected chi connectivity index (χ2v) is 8.87. The van der Waals surface area contributed by atoms with Crippen LogP contribution >= 0.6 is 0 Å². The second-order valence-electron chi connectivity index (χ2n) is 8.87. The van der Waals surface area contributed by atoms with Crippen molar-refractivity contribution < 1.29 is 14.3 Å². The first kappa shape index (κ1) is 21.4. The van der Waals surface area contributed by atoms with Crippen molar-refractivity contribution >= 4 is 12.0 Å². The van der Waals surface area contributed by atoms with Crippen molar-refractivity contribution in [3.05, 3.63) is 0 Å². The fraction of sp³-hybridized carbons (Fsp3) is 0.905. The number of rotatable bonds is 7. The van der Waals surface area contributed by atoms with Gasteiger partial charge in [0.15, 0.2) is 0 Å². The van der Waals surface area contributed by atoms with Gasteiger partial charge in [0.2, 0.25) is 5.91 Å². The minimum atomic E-state index is -0.379. The van der Waals surface area contributed by atoms with Crippen molar-refractivity contribution in [2.45, 2.75) is 64.0 Å². The van der Waals surface area contributed by atoms with Crippen LogP contribution in [0.2, 0.25) is 0 Å². The SMILES string of the molecule is CCCCCCN1CC2(CCN(C(=O)C(C)N3CCN(C)CC3)CC2)OC1=O. The van der Waals surface area contributed by atoms with E-state index in [0.29, 0.717) is 19.6 Å². The van der Waals surface area contributed by atoms with E-state index in [1.807, 2.05) is 16.7 Å². The molecule has 7 nitrogen and oxygen atoms in total. The third kappa shape index (κ3) is 4.98. The third-order valence-electron chi connectivity index (χ3n) is 6.75. The zero-order valence-corrected chi connectivity index (χ0v) is 18.0. The molecule has 0 aromatic heterocycles. The van der Waals surface area contributed by atoms with Gasteiger partial charge in [-0.25, -0.2) is 4.79 Å². The molecule has 160 valence electrons. The highest BCUT2D eigenvalue weighted by atomic mass is 16.6. The number of likely N-dealkylation sites (tertiary alicyclic amines) is 1. The number of piperidine rings is 1. The predicted molar refractivity (Wildman–Crippen MR) is 109 cm³/mol. The van der Waals surface area contributed by atoms with Gasteiger partial charge in [-0.2, -0.15) is 0 Å². The molecule has 7 heteroatoms. The van der Waals surface area contributed by atoms with Crippen molar-refractivity contribution in [2.75, 3.05) is 59.4 Å². The Balaban J connectivity index is 1.46. The predicted octanol–water partition coefficient (Wildman–Crippen LogP) is 2.02. The van der Waals surface area contributed by atoms with Crippen LogP contribution in [0.15, 0.2) is 0 Å². The summed E-state index contributed by atoms with van der Waals surface area (Å²) in [5.74, 6) is 0.222. The molecule has 0 aromatic rings. The molecule has 0 aliphatic carbocycles. The number of amides is 2. The normalized spacial score (nSPS) is 24.6. The summed E-state index contributed by atoms with van der Waals surface area (Å²) in [6.07, 6.45) is 5.98. The number of carbonyl (C=O) groups excluding carboxylic acids is 2. The monoisotopic (exact) mass is 394 g/mol. The first-order valence-electron chi connectivity index (χ1n) is 11.1. The molecule has 0 saturated carbocycles. The van der Waals surface area contributed by atoms with E-state index in [1.54, 1.807) is 0 Å². The van der Waals surface area contributed by atoms with Gasteiger partial charge in [-0.3, -0.25) is 9.69 Å². The van der Waals surface area contributed by atoms with Crippen LogP contribution in [0.4, 0.5) is 4.79 Å². The topological polar surface area (TPSA) is 56.3 Å². The van der Waals surface area contributed by atoms with Crippen molar-refractivity contribution in [3.63, 3.8) is 0 Å². The Labute approximate surface area is 169 Å². The molecule has 0 aromatic carbocycles. The summed E-state index contributed by atoms with van der Waals surface area (Å²) in [6, 6.07) is -0.0658. The Bertz CT molecular complexity index is 540. The van der Waals surface area contributed by atoms with E-state index in [2.05, 4.69) is 23.8 Å². The Morgan fingerprint density at radius 1 is 1.07 bits per heavy atom. The number of nitrogens with zero attached hydrogens (tertiary/aromatic N) is 4. The molecule has 3 rings (SSSR count). The fourth-order valence-electron chi connectivity index (χ4n) is 4.62. The van der Waals surface area contributed by atoms with Crippen LogP contribution in [-0.4, -0.2) is 103 Å². The van der Waals surface area contributed by atoms with Crippen LogP contribution in [-0.2, 0) is 9.53 Å². The molecule has 1 unspecified atom stereocenters. The zero-order chi connectivity index (χ0) is 20.1. The van der Waals surface area contributed by atoms with Gasteiger partial charge in [0.25, 0.3) is 0 Å². The van der Waals surface area contributed by atoms with Gasteiger partial charge < -0.3 is 19.4 Å². The molecule has 3 saturated heterocycles. The molecule has 2 amide bonds. The molecule has 0 N–H and O–H groups in total. The van der Waals surface area contributed by atoms with Crippen LogP contribution in [0.25, 0.3) is 0 Å². The summed E-state index contributed by atoms with van der Waals surface area (Å²) >= 11 is 0. The Morgan fingerprint density at radius 3 is 2.39 bits per heavy atom.